The molecule has 3 heteroatoms. The molecule has 628 valence electrons. The molecule has 0 saturated heterocycles. The lowest BCUT2D eigenvalue weighted by Crippen LogP contribution is -2.12. The molecule has 1 aliphatic carbocycles. The number of aryl methyl sites for hydroxylation is 6. The minimum atomic E-state index is 0.0358. The SMILES string of the molecule is CC(C)(C)c1ccc(-n2nc3cc(-c4cc5ccccc5c5ccccc45)c4ccccc4c3n2)c2ccccc12.Cc1c2ccccc2cc2ccccc12.Cc1cc2ccccc2c2ccccc12.Cc1ccc2c3c(cccc13)-c1ccccc1-2.Cc1ccc2ccccc2c1.Cc1cccc(-c2cc3ccccc3c3ccccc23)c1.Cc1cccc2ccccc12. The van der Waals surface area contributed by atoms with E-state index in [4.69, 9.17) is 10.2 Å². The van der Waals surface area contributed by atoms with E-state index in [2.05, 4.69) is 511 Å². The zero-order valence-electron chi connectivity index (χ0n) is 75.6. The molecule has 0 spiro atoms. The maximum absolute atomic E-state index is 5.11. The van der Waals surface area contributed by atoms with Crippen LogP contribution in [0.5, 0.6) is 0 Å². The molecule has 131 heavy (non-hydrogen) atoms. The molecule has 0 fully saturated rings. The van der Waals surface area contributed by atoms with Crippen molar-refractivity contribution in [2.75, 3.05) is 0 Å². The van der Waals surface area contributed by atoms with Gasteiger partial charge in [-0.05, 0) is 279 Å². The fourth-order valence-electron chi connectivity index (χ4n) is 19.7. The third-order valence-corrected chi connectivity index (χ3v) is 26.2. The summed E-state index contributed by atoms with van der Waals surface area (Å²) < 4.78 is 0. The Morgan fingerprint density at radius 1 is 0.198 bits per heavy atom. The Labute approximate surface area is 766 Å². The Morgan fingerprint density at radius 2 is 0.595 bits per heavy atom. The first-order valence-electron chi connectivity index (χ1n) is 45.6. The first kappa shape index (κ1) is 83.3. The van der Waals surface area contributed by atoms with Gasteiger partial charge in [0.1, 0.15) is 11.0 Å². The molecule has 0 aliphatic heterocycles. The summed E-state index contributed by atoms with van der Waals surface area (Å²) in [5.41, 5.74) is 22.7. The van der Waals surface area contributed by atoms with Gasteiger partial charge < -0.3 is 0 Å². The van der Waals surface area contributed by atoms with E-state index in [1.807, 2.05) is 4.80 Å². The number of benzene rings is 24. The van der Waals surface area contributed by atoms with Crippen molar-refractivity contribution in [3.63, 3.8) is 0 Å². The summed E-state index contributed by atoms with van der Waals surface area (Å²) in [4.78, 5) is 1.83. The molecule has 0 radical (unpaired) electrons. The lowest BCUT2D eigenvalue weighted by molar-refractivity contribution is 0.595. The van der Waals surface area contributed by atoms with Gasteiger partial charge in [0.25, 0.3) is 0 Å². The van der Waals surface area contributed by atoms with Crippen molar-refractivity contribution in [2.24, 2.45) is 0 Å². The molecular formula is C128H101N3. The molecule has 24 aromatic carbocycles. The average Bonchev–Trinajstić information content (AvgIpc) is 1.64. The summed E-state index contributed by atoms with van der Waals surface area (Å²) in [6.07, 6.45) is 0. The molecule has 3 nitrogen and oxygen atoms in total. The molecule has 1 heterocycles. The fourth-order valence-corrected chi connectivity index (χ4v) is 19.7. The van der Waals surface area contributed by atoms with Gasteiger partial charge in [-0.1, -0.05) is 450 Å². The lowest BCUT2D eigenvalue weighted by atomic mass is 9.83. The van der Waals surface area contributed by atoms with Crippen LogP contribution in [0.15, 0.2) is 449 Å². The maximum atomic E-state index is 5.11. The zero-order valence-corrected chi connectivity index (χ0v) is 75.6. The van der Waals surface area contributed by atoms with Gasteiger partial charge >= 0.3 is 0 Å². The lowest BCUT2D eigenvalue weighted by Gasteiger charge is -2.22. The van der Waals surface area contributed by atoms with Crippen LogP contribution in [0.2, 0.25) is 0 Å². The van der Waals surface area contributed by atoms with E-state index in [1.165, 1.54) is 213 Å². The molecule has 0 saturated carbocycles. The molecule has 26 rings (SSSR count). The minimum Gasteiger partial charge on any atom is -0.150 e. The van der Waals surface area contributed by atoms with E-state index in [0.717, 1.165) is 27.5 Å². The largest absolute Gasteiger partial charge is 0.150 e. The first-order chi connectivity index (χ1) is 64.1. The highest BCUT2D eigenvalue weighted by Crippen LogP contribution is 2.48. The Hall–Kier alpha value is -15.9. The van der Waals surface area contributed by atoms with Crippen molar-refractivity contribution in [1.29, 1.82) is 0 Å². The number of hydrogen-bond acceptors (Lipinski definition) is 2. The highest BCUT2D eigenvalue weighted by Gasteiger charge is 2.24. The van der Waals surface area contributed by atoms with E-state index >= 15 is 0 Å². The third-order valence-electron chi connectivity index (χ3n) is 26.2. The summed E-state index contributed by atoms with van der Waals surface area (Å²) in [6.45, 7) is 19.8. The Balaban J connectivity index is 0.000000101. The molecular weight excluding hydrogens is 1580 g/mol. The monoisotopic (exact) mass is 1680 g/mol. The smallest absolute Gasteiger partial charge is 0.121 e. The van der Waals surface area contributed by atoms with Crippen LogP contribution in [-0.2, 0) is 5.41 Å². The number of hydrogen-bond donors (Lipinski definition) is 0. The standard InChI is InChI=1S/C38H29N3.C21H16.C17H12.2C15H12.2C11H10/c1-38(2,3)34-20-21-36(30-18-10-9-17-29(30)34)41-39-35-23-33(28-16-8-11-19-31(28)37(35)40-41)32-22-24-12-4-5-13-25(24)26-14-6-7-15-27(26)32;1-15-7-6-9-16(13-15)21-14-17-8-2-3-10-18(17)19-11-4-5-12-20(19)21;1-11-9-10-16-14-6-3-2-5-13(14)15-8-4-7-12(11)17(15)16;1-11-14-8-4-2-6-12(14)10-13-7-3-5-9-15(11)13;1-11-10-12-6-2-3-8-14(12)15-9-5-4-7-13(11)15;1-9-5-4-7-10-6-2-3-8-11(9)10;1-9-6-7-10-4-2-3-5-11(10)8-9/h4-23H,1-3H3;2-14H,1H3;2-10H,1H3;2*2-10H,1H3;2*2-8H,1H3. The molecule has 1 aromatic heterocycles. The fraction of sp³-hybridized carbons (Fsp3) is 0.0781. The molecule has 0 N–H and O–H groups in total. The number of fused-ring (bicyclic) bond motifs is 20. The number of rotatable bonds is 3. The molecule has 1 aliphatic rings. The minimum absolute atomic E-state index is 0.0358. The normalized spacial score (nSPS) is 11.4. The summed E-state index contributed by atoms with van der Waals surface area (Å²) in [7, 11) is 0. The molecule has 0 atom stereocenters. The van der Waals surface area contributed by atoms with Crippen LogP contribution in [-0.4, -0.2) is 15.0 Å². The Morgan fingerprint density at radius 3 is 1.18 bits per heavy atom. The summed E-state index contributed by atoms with van der Waals surface area (Å²) in [5.74, 6) is 0. The van der Waals surface area contributed by atoms with E-state index < -0.39 is 0 Å². The molecule has 25 aromatic rings. The zero-order chi connectivity index (χ0) is 89.2. The number of aromatic nitrogens is 3. The van der Waals surface area contributed by atoms with Gasteiger partial charge in [0.05, 0.1) is 5.69 Å². The quantitative estimate of drug-likeness (QED) is 0.130. The molecule has 0 bridgehead atoms. The second-order valence-electron chi connectivity index (χ2n) is 35.8. The highest BCUT2D eigenvalue weighted by molar-refractivity contribution is 6.21. The van der Waals surface area contributed by atoms with Gasteiger partial charge in [0, 0.05) is 10.8 Å². The van der Waals surface area contributed by atoms with Gasteiger partial charge in [-0.2, -0.15) is 0 Å². The van der Waals surface area contributed by atoms with Crippen LogP contribution >= 0.6 is 0 Å². The first-order valence-corrected chi connectivity index (χ1v) is 45.6. The Bertz CT molecular complexity index is 8560. The van der Waals surface area contributed by atoms with E-state index in [-0.39, 0.29) is 5.41 Å². The van der Waals surface area contributed by atoms with Gasteiger partial charge in [-0.3, -0.25) is 0 Å². The van der Waals surface area contributed by atoms with Gasteiger partial charge in [-0.25, -0.2) is 0 Å². The molecule has 0 amide bonds. The predicted molar refractivity (Wildman–Crippen MR) is 568 cm³/mol. The third kappa shape index (κ3) is 16.6. The average molecular weight is 1680 g/mol. The topological polar surface area (TPSA) is 30.7 Å². The van der Waals surface area contributed by atoms with Crippen molar-refractivity contribution in [3.05, 3.63) is 488 Å². The van der Waals surface area contributed by atoms with E-state index in [0.29, 0.717) is 0 Å². The van der Waals surface area contributed by atoms with Crippen LogP contribution < -0.4 is 0 Å². The second-order valence-corrected chi connectivity index (χ2v) is 35.8. The van der Waals surface area contributed by atoms with Crippen LogP contribution in [0.25, 0.3) is 201 Å². The van der Waals surface area contributed by atoms with Crippen molar-refractivity contribution in [1.82, 2.24) is 15.0 Å². The number of nitrogens with zero attached hydrogens (tertiary/aromatic N) is 3. The van der Waals surface area contributed by atoms with Gasteiger partial charge in [-0.15, -0.1) is 15.0 Å². The molecule has 0 unspecified atom stereocenters. The van der Waals surface area contributed by atoms with E-state index in [9.17, 15) is 0 Å². The maximum Gasteiger partial charge on any atom is 0.121 e. The van der Waals surface area contributed by atoms with Crippen molar-refractivity contribution in [3.8, 4) is 50.2 Å². The van der Waals surface area contributed by atoms with Crippen LogP contribution in [0.1, 0.15) is 59.7 Å². The summed E-state index contributed by atoms with van der Waals surface area (Å²) in [6, 6.07) is 160. The van der Waals surface area contributed by atoms with Crippen LogP contribution in [0.3, 0.4) is 0 Å². The van der Waals surface area contributed by atoms with Crippen LogP contribution in [0.4, 0.5) is 0 Å². The summed E-state index contributed by atoms with van der Waals surface area (Å²) in [5, 5.41) is 44.1. The van der Waals surface area contributed by atoms with Crippen molar-refractivity contribution in [2.45, 2.75) is 67.7 Å². The Kier molecular flexibility index (Phi) is 22.9. The van der Waals surface area contributed by atoms with Crippen molar-refractivity contribution < 1.29 is 0 Å². The van der Waals surface area contributed by atoms with Crippen molar-refractivity contribution >= 4 is 151 Å². The predicted octanol–water partition coefficient (Wildman–Crippen LogP) is 35.7. The summed E-state index contributed by atoms with van der Waals surface area (Å²) >= 11 is 0. The van der Waals surface area contributed by atoms with Gasteiger partial charge in [0.15, 0.2) is 0 Å². The van der Waals surface area contributed by atoms with E-state index in [1.54, 1.807) is 0 Å². The van der Waals surface area contributed by atoms with Crippen LogP contribution in [0, 0.1) is 41.5 Å². The highest BCUT2D eigenvalue weighted by atomic mass is 15.5. The second kappa shape index (κ2) is 36.1. The van der Waals surface area contributed by atoms with Gasteiger partial charge in [0.2, 0.25) is 0 Å².